The summed E-state index contributed by atoms with van der Waals surface area (Å²) in [5.74, 6) is 2.00. The molecule has 1 aliphatic heterocycles. The molecule has 1 aromatic carbocycles. The third-order valence-electron chi connectivity index (χ3n) is 5.41. The minimum Gasteiger partial charge on any atom is -0.330 e. The van der Waals surface area contributed by atoms with Gasteiger partial charge >= 0.3 is 0 Å². The van der Waals surface area contributed by atoms with Gasteiger partial charge in [-0.1, -0.05) is 36.7 Å². The highest BCUT2D eigenvalue weighted by molar-refractivity contribution is 6.33. The Labute approximate surface area is 177 Å². The molecule has 0 saturated carbocycles. The van der Waals surface area contributed by atoms with Crippen molar-refractivity contribution in [1.29, 1.82) is 0 Å². The molecular formula is C21H20ClN7O. The van der Waals surface area contributed by atoms with Gasteiger partial charge in [0.05, 0.1) is 16.8 Å². The monoisotopic (exact) mass is 421 g/mol. The number of anilines is 1. The van der Waals surface area contributed by atoms with Gasteiger partial charge in [0.1, 0.15) is 17.7 Å². The standard InChI is InChI=1S/C21H20ClN7O/c1-2-17-23-13-24-21(25-17)27-11-6-9-16(27)19-26-28-12-10-15(22)18(28)20(30)29(19)14-7-4-3-5-8-14/h3-5,7-8,10,12-13,16H,2,6,9,11H2,1H3/t16-/m0/s1. The Hall–Kier alpha value is -3.26. The van der Waals surface area contributed by atoms with Crippen LogP contribution in [-0.4, -0.2) is 35.7 Å². The molecule has 152 valence electrons. The molecule has 1 fully saturated rings. The van der Waals surface area contributed by atoms with E-state index in [4.69, 9.17) is 16.7 Å². The number of fused-ring (bicyclic) bond motifs is 1. The van der Waals surface area contributed by atoms with Gasteiger partial charge < -0.3 is 4.90 Å². The van der Waals surface area contributed by atoms with E-state index < -0.39 is 0 Å². The summed E-state index contributed by atoms with van der Waals surface area (Å²) in [5, 5.41) is 5.20. The lowest BCUT2D eigenvalue weighted by Gasteiger charge is -2.26. The van der Waals surface area contributed by atoms with Crippen molar-refractivity contribution in [2.45, 2.75) is 32.2 Å². The number of rotatable bonds is 4. The van der Waals surface area contributed by atoms with Crippen molar-refractivity contribution in [3.8, 4) is 5.69 Å². The van der Waals surface area contributed by atoms with E-state index in [0.29, 0.717) is 22.3 Å². The highest BCUT2D eigenvalue weighted by Gasteiger charge is 2.33. The van der Waals surface area contributed by atoms with Crippen molar-refractivity contribution >= 4 is 23.1 Å². The van der Waals surface area contributed by atoms with Crippen LogP contribution in [0.4, 0.5) is 5.95 Å². The minimum absolute atomic E-state index is 0.143. The SMILES string of the molecule is CCc1ncnc(N2CCC[C@H]2c2nn3ccc(Cl)c3c(=O)n2-c2ccccc2)n1. The Balaban J connectivity index is 1.72. The van der Waals surface area contributed by atoms with Crippen LogP contribution in [-0.2, 0) is 6.42 Å². The molecule has 0 amide bonds. The van der Waals surface area contributed by atoms with Crippen LogP contribution in [0.25, 0.3) is 11.2 Å². The number of aryl methyl sites for hydroxylation is 1. The molecule has 9 heteroatoms. The fourth-order valence-electron chi connectivity index (χ4n) is 3.99. The summed E-state index contributed by atoms with van der Waals surface area (Å²) in [7, 11) is 0. The molecule has 1 atom stereocenters. The summed E-state index contributed by atoms with van der Waals surface area (Å²) in [6, 6.07) is 11.1. The Morgan fingerprint density at radius 2 is 2.00 bits per heavy atom. The first-order chi connectivity index (χ1) is 14.7. The lowest BCUT2D eigenvalue weighted by atomic mass is 10.2. The van der Waals surface area contributed by atoms with Gasteiger partial charge in [0, 0.05) is 19.2 Å². The molecule has 3 aromatic heterocycles. The fraction of sp³-hybridized carbons (Fsp3) is 0.286. The summed E-state index contributed by atoms with van der Waals surface area (Å²) in [4.78, 5) is 28.8. The predicted octanol–water partition coefficient (Wildman–Crippen LogP) is 3.23. The zero-order valence-corrected chi connectivity index (χ0v) is 17.2. The van der Waals surface area contributed by atoms with Crippen LogP contribution in [0, 0.1) is 0 Å². The number of nitrogens with zero attached hydrogens (tertiary/aromatic N) is 7. The van der Waals surface area contributed by atoms with Gasteiger partial charge in [0.2, 0.25) is 5.95 Å². The second kappa shape index (κ2) is 7.53. The van der Waals surface area contributed by atoms with Crippen molar-refractivity contribution in [2.24, 2.45) is 0 Å². The highest BCUT2D eigenvalue weighted by atomic mass is 35.5. The summed E-state index contributed by atoms with van der Waals surface area (Å²) < 4.78 is 3.23. The average Bonchev–Trinajstić information content (AvgIpc) is 3.41. The summed E-state index contributed by atoms with van der Waals surface area (Å²) >= 11 is 6.30. The normalized spacial score (nSPS) is 16.5. The van der Waals surface area contributed by atoms with Crippen molar-refractivity contribution < 1.29 is 0 Å². The summed E-state index contributed by atoms with van der Waals surface area (Å²) in [6.45, 7) is 2.80. The third-order valence-corrected chi connectivity index (χ3v) is 5.71. The van der Waals surface area contributed by atoms with E-state index >= 15 is 0 Å². The maximum Gasteiger partial charge on any atom is 0.284 e. The van der Waals surface area contributed by atoms with Gasteiger partial charge in [0.15, 0.2) is 5.82 Å². The Morgan fingerprint density at radius 1 is 1.17 bits per heavy atom. The van der Waals surface area contributed by atoms with Crippen molar-refractivity contribution in [2.75, 3.05) is 11.4 Å². The molecule has 4 aromatic rings. The molecule has 1 aliphatic rings. The lowest BCUT2D eigenvalue weighted by molar-refractivity contribution is 0.595. The van der Waals surface area contributed by atoms with E-state index in [0.717, 1.165) is 37.3 Å². The number of benzene rings is 1. The Kier molecular flexibility index (Phi) is 4.71. The molecule has 1 saturated heterocycles. The number of hydrogen-bond donors (Lipinski definition) is 0. The van der Waals surface area contributed by atoms with E-state index in [1.165, 1.54) is 0 Å². The Morgan fingerprint density at radius 3 is 2.80 bits per heavy atom. The Bertz CT molecular complexity index is 1270. The van der Waals surface area contributed by atoms with Crippen LogP contribution in [0.2, 0.25) is 5.02 Å². The van der Waals surface area contributed by atoms with E-state index in [9.17, 15) is 4.79 Å². The average molecular weight is 422 g/mol. The maximum absolute atomic E-state index is 13.5. The van der Waals surface area contributed by atoms with Crippen LogP contribution in [0.15, 0.2) is 53.7 Å². The molecule has 8 nitrogen and oxygen atoms in total. The van der Waals surface area contributed by atoms with Gasteiger partial charge in [-0.2, -0.15) is 10.1 Å². The van der Waals surface area contributed by atoms with Crippen molar-refractivity contribution in [3.05, 3.63) is 75.9 Å². The largest absolute Gasteiger partial charge is 0.330 e. The number of halogens is 1. The molecule has 0 bridgehead atoms. The maximum atomic E-state index is 13.5. The molecule has 0 aliphatic carbocycles. The molecule has 5 rings (SSSR count). The van der Waals surface area contributed by atoms with Gasteiger partial charge in [-0.25, -0.2) is 14.5 Å². The van der Waals surface area contributed by atoms with E-state index in [2.05, 4.69) is 19.9 Å². The minimum atomic E-state index is -0.196. The van der Waals surface area contributed by atoms with Crippen LogP contribution < -0.4 is 10.5 Å². The predicted molar refractivity (Wildman–Crippen MR) is 114 cm³/mol. The van der Waals surface area contributed by atoms with Gasteiger partial charge in [-0.15, -0.1) is 0 Å². The van der Waals surface area contributed by atoms with E-state index in [-0.39, 0.29) is 11.6 Å². The van der Waals surface area contributed by atoms with Crippen LogP contribution in [0.3, 0.4) is 0 Å². The lowest BCUT2D eigenvalue weighted by Crippen LogP contribution is -2.33. The van der Waals surface area contributed by atoms with Crippen LogP contribution >= 0.6 is 11.6 Å². The molecule has 0 radical (unpaired) electrons. The molecule has 30 heavy (non-hydrogen) atoms. The van der Waals surface area contributed by atoms with Crippen LogP contribution in [0.1, 0.15) is 37.5 Å². The van der Waals surface area contributed by atoms with Gasteiger partial charge in [-0.05, 0) is 31.0 Å². The fourth-order valence-corrected chi connectivity index (χ4v) is 4.22. The van der Waals surface area contributed by atoms with Crippen molar-refractivity contribution in [1.82, 2.24) is 29.1 Å². The number of hydrogen-bond acceptors (Lipinski definition) is 6. The number of aromatic nitrogens is 6. The van der Waals surface area contributed by atoms with E-state index in [1.807, 2.05) is 37.3 Å². The summed E-state index contributed by atoms with van der Waals surface area (Å²) in [6.07, 6.45) is 5.78. The molecule has 0 N–H and O–H groups in total. The van der Waals surface area contributed by atoms with Crippen LogP contribution in [0.5, 0.6) is 0 Å². The highest BCUT2D eigenvalue weighted by Crippen LogP contribution is 2.34. The first kappa shape index (κ1) is 18.7. The molecule has 4 heterocycles. The zero-order valence-electron chi connectivity index (χ0n) is 16.4. The van der Waals surface area contributed by atoms with Gasteiger partial charge in [-0.3, -0.25) is 9.36 Å². The van der Waals surface area contributed by atoms with Gasteiger partial charge in [0.25, 0.3) is 5.56 Å². The summed E-state index contributed by atoms with van der Waals surface area (Å²) in [5.41, 5.74) is 0.918. The van der Waals surface area contributed by atoms with E-state index in [1.54, 1.807) is 27.7 Å². The number of para-hydroxylation sites is 1. The third kappa shape index (κ3) is 3.04. The zero-order chi connectivity index (χ0) is 20.7. The smallest absolute Gasteiger partial charge is 0.284 e. The molecular weight excluding hydrogens is 402 g/mol. The molecule has 0 unspecified atom stereocenters. The molecule has 0 spiro atoms. The first-order valence-electron chi connectivity index (χ1n) is 9.97. The second-order valence-electron chi connectivity index (χ2n) is 7.20. The van der Waals surface area contributed by atoms with Crippen molar-refractivity contribution in [3.63, 3.8) is 0 Å². The quantitative estimate of drug-likeness (QED) is 0.503. The topological polar surface area (TPSA) is 81.2 Å². The first-order valence-corrected chi connectivity index (χ1v) is 10.3. The second-order valence-corrected chi connectivity index (χ2v) is 7.61.